The van der Waals surface area contributed by atoms with Crippen molar-refractivity contribution in [3.05, 3.63) is 18.1 Å². The van der Waals surface area contributed by atoms with Crippen molar-refractivity contribution < 1.29 is 4.79 Å². The zero-order valence-electron chi connectivity index (χ0n) is 11.5. The second kappa shape index (κ2) is 5.79. The van der Waals surface area contributed by atoms with Crippen LogP contribution in [0.25, 0.3) is 0 Å². The molecule has 1 aliphatic rings. The fourth-order valence-corrected chi connectivity index (χ4v) is 2.03. The van der Waals surface area contributed by atoms with Crippen molar-refractivity contribution in [2.75, 3.05) is 43.4 Å². The van der Waals surface area contributed by atoms with Crippen LogP contribution < -0.4 is 10.2 Å². The predicted molar refractivity (Wildman–Crippen MR) is 73.9 cm³/mol. The summed E-state index contributed by atoms with van der Waals surface area (Å²) in [7, 11) is 2.08. The molecule has 0 unspecified atom stereocenters. The quantitative estimate of drug-likeness (QED) is 0.738. The highest BCUT2D eigenvalue weighted by atomic mass is 16.2. The Morgan fingerprint density at radius 3 is 2.81 bits per heavy atom. The largest absolute Gasteiger partial charge is 0.353 e. The van der Waals surface area contributed by atoms with E-state index in [4.69, 9.17) is 0 Å². The number of aromatic nitrogens is 6. The normalized spacial score (nSPS) is 16.0. The first kappa shape index (κ1) is 13.4. The molecule has 0 aliphatic carbocycles. The van der Waals surface area contributed by atoms with Crippen molar-refractivity contribution in [2.24, 2.45) is 0 Å². The first-order valence-corrected chi connectivity index (χ1v) is 6.53. The van der Waals surface area contributed by atoms with E-state index < -0.39 is 5.91 Å². The second-order valence-electron chi connectivity index (χ2n) is 4.74. The molecular formula is C11H15N9O. The predicted octanol–water partition coefficient (Wildman–Crippen LogP) is -1.01. The van der Waals surface area contributed by atoms with Gasteiger partial charge in [0.05, 0.1) is 12.4 Å². The molecular weight excluding hydrogens is 274 g/mol. The summed E-state index contributed by atoms with van der Waals surface area (Å²) in [5.41, 5.74) is 0.219. The number of H-pyrrole nitrogens is 1. The van der Waals surface area contributed by atoms with Gasteiger partial charge in [0.1, 0.15) is 11.5 Å². The van der Waals surface area contributed by atoms with Crippen molar-refractivity contribution >= 4 is 17.7 Å². The molecule has 2 N–H and O–H groups in total. The van der Waals surface area contributed by atoms with Gasteiger partial charge in [-0.1, -0.05) is 5.10 Å². The molecule has 0 atom stereocenters. The van der Waals surface area contributed by atoms with Gasteiger partial charge in [-0.2, -0.15) is 5.21 Å². The van der Waals surface area contributed by atoms with Crippen LogP contribution in [0.3, 0.4) is 0 Å². The maximum atomic E-state index is 12.0. The minimum Gasteiger partial charge on any atom is -0.353 e. The highest BCUT2D eigenvalue weighted by Gasteiger charge is 2.18. The zero-order valence-corrected chi connectivity index (χ0v) is 11.5. The number of nitrogens with one attached hydrogen (secondary N) is 2. The van der Waals surface area contributed by atoms with E-state index in [1.807, 2.05) is 0 Å². The van der Waals surface area contributed by atoms with Crippen molar-refractivity contribution in [1.29, 1.82) is 0 Å². The number of nitrogens with zero attached hydrogens (tertiary/aromatic N) is 7. The number of piperazine rings is 1. The van der Waals surface area contributed by atoms with Crippen LogP contribution in [-0.2, 0) is 0 Å². The topological polar surface area (TPSA) is 116 Å². The van der Waals surface area contributed by atoms with Crippen LogP contribution in [0, 0.1) is 0 Å². The van der Waals surface area contributed by atoms with Gasteiger partial charge in [0.15, 0.2) is 0 Å². The Bertz CT molecular complexity index is 606. The number of hydrogen-bond acceptors (Lipinski definition) is 8. The van der Waals surface area contributed by atoms with Crippen LogP contribution in [-0.4, -0.2) is 74.6 Å². The van der Waals surface area contributed by atoms with Crippen molar-refractivity contribution in [3.8, 4) is 0 Å². The molecule has 0 saturated carbocycles. The first-order chi connectivity index (χ1) is 10.2. The van der Waals surface area contributed by atoms with E-state index in [0.29, 0.717) is 5.82 Å². The molecule has 21 heavy (non-hydrogen) atoms. The maximum absolute atomic E-state index is 12.0. The van der Waals surface area contributed by atoms with Gasteiger partial charge in [-0.05, 0) is 12.3 Å². The molecule has 1 aliphatic heterocycles. The Hall–Kier alpha value is -2.62. The molecule has 10 heteroatoms. The molecule has 0 spiro atoms. The number of likely N-dealkylation sites (N-methyl/N-ethyl adjacent to an activating group) is 1. The van der Waals surface area contributed by atoms with Gasteiger partial charge in [0, 0.05) is 26.2 Å². The van der Waals surface area contributed by atoms with Gasteiger partial charge in [-0.3, -0.25) is 15.1 Å². The molecule has 110 valence electrons. The molecule has 10 nitrogen and oxygen atoms in total. The third-order valence-corrected chi connectivity index (χ3v) is 3.25. The standard InChI is InChI=1S/C11H15N9O/c1-19-2-4-20(5-3-19)9-7-12-6-8(13-9)10(21)14-11-15-17-18-16-11/h6-7H,2-5H2,1H3,(H2,14,15,16,17,18,21). The van der Waals surface area contributed by atoms with Gasteiger partial charge in [0.25, 0.3) is 11.9 Å². The SMILES string of the molecule is CN1CCN(c2cncc(C(=O)Nc3nn[nH]n3)n2)CC1. The van der Waals surface area contributed by atoms with Gasteiger partial charge in [-0.25, -0.2) is 4.98 Å². The van der Waals surface area contributed by atoms with Gasteiger partial charge in [0.2, 0.25) is 0 Å². The van der Waals surface area contributed by atoms with E-state index in [1.165, 1.54) is 6.20 Å². The Kier molecular flexibility index (Phi) is 3.69. The summed E-state index contributed by atoms with van der Waals surface area (Å²) in [5, 5.41) is 15.4. The highest BCUT2D eigenvalue weighted by molar-refractivity contribution is 6.01. The lowest BCUT2D eigenvalue weighted by Crippen LogP contribution is -2.45. The van der Waals surface area contributed by atoms with E-state index in [1.54, 1.807) is 6.20 Å². The lowest BCUT2D eigenvalue weighted by molar-refractivity contribution is 0.102. The van der Waals surface area contributed by atoms with Gasteiger partial charge >= 0.3 is 0 Å². The van der Waals surface area contributed by atoms with Crippen LogP contribution in [0.5, 0.6) is 0 Å². The van der Waals surface area contributed by atoms with Crippen LogP contribution in [0.2, 0.25) is 0 Å². The van der Waals surface area contributed by atoms with Crippen LogP contribution in [0.15, 0.2) is 12.4 Å². The summed E-state index contributed by atoms with van der Waals surface area (Å²) in [4.78, 5) is 24.8. The molecule has 1 saturated heterocycles. The third-order valence-electron chi connectivity index (χ3n) is 3.25. The zero-order chi connectivity index (χ0) is 14.7. The molecule has 1 amide bonds. The smallest absolute Gasteiger partial charge is 0.278 e. The summed E-state index contributed by atoms with van der Waals surface area (Å²) in [5.74, 6) is 0.385. The van der Waals surface area contributed by atoms with Crippen molar-refractivity contribution in [2.45, 2.75) is 0 Å². The van der Waals surface area contributed by atoms with E-state index in [-0.39, 0.29) is 11.6 Å². The Labute approximate surface area is 120 Å². The molecule has 2 aromatic heterocycles. The number of anilines is 2. The molecule has 3 rings (SSSR count). The Morgan fingerprint density at radius 2 is 2.10 bits per heavy atom. The lowest BCUT2D eigenvalue weighted by atomic mass is 10.3. The van der Waals surface area contributed by atoms with Crippen LogP contribution >= 0.6 is 0 Å². The Morgan fingerprint density at radius 1 is 1.29 bits per heavy atom. The monoisotopic (exact) mass is 289 g/mol. The minimum absolute atomic E-state index is 0.104. The number of rotatable bonds is 3. The molecule has 3 heterocycles. The van der Waals surface area contributed by atoms with Crippen LogP contribution in [0.4, 0.5) is 11.8 Å². The van der Waals surface area contributed by atoms with E-state index >= 15 is 0 Å². The average molecular weight is 289 g/mol. The summed E-state index contributed by atoms with van der Waals surface area (Å²) in [6, 6.07) is 0. The first-order valence-electron chi connectivity index (χ1n) is 6.53. The Balaban J connectivity index is 1.72. The number of aromatic amines is 1. The molecule has 1 fully saturated rings. The number of tetrazole rings is 1. The minimum atomic E-state index is -0.417. The fourth-order valence-electron chi connectivity index (χ4n) is 2.03. The van der Waals surface area contributed by atoms with E-state index in [2.05, 4.69) is 52.8 Å². The summed E-state index contributed by atoms with van der Waals surface area (Å²) < 4.78 is 0. The molecule has 0 aromatic carbocycles. The van der Waals surface area contributed by atoms with Crippen molar-refractivity contribution in [1.82, 2.24) is 35.5 Å². The summed E-state index contributed by atoms with van der Waals surface area (Å²) >= 11 is 0. The average Bonchev–Trinajstić information content (AvgIpc) is 3.01. The lowest BCUT2D eigenvalue weighted by Gasteiger charge is -2.33. The second-order valence-corrected chi connectivity index (χ2v) is 4.74. The van der Waals surface area contributed by atoms with Crippen LogP contribution in [0.1, 0.15) is 10.5 Å². The number of carbonyl (C=O) groups excluding carboxylic acids is 1. The summed E-state index contributed by atoms with van der Waals surface area (Å²) in [6.07, 6.45) is 3.07. The number of hydrogen-bond donors (Lipinski definition) is 2. The van der Waals surface area contributed by atoms with Crippen molar-refractivity contribution in [3.63, 3.8) is 0 Å². The molecule has 0 bridgehead atoms. The maximum Gasteiger partial charge on any atom is 0.278 e. The third kappa shape index (κ3) is 3.11. The molecule has 0 radical (unpaired) electrons. The summed E-state index contributed by atoms with van der Waals surface area (Å²) in [6.45, 7) is 3.64. The van der Waals surface area contributed by atoms with Gasteiger partial charge < -0.3 is 9.80 Å². The highest BCUT2D eigenvalue weighted by Crippen LogP contribution is 2.12. The fraction of sp³-hybridized carbons (Fsp3) is 0.455. The van der Waals surface area contributed by atoms with Gasteiger partial charge in [-0.15, -0.1) is 5.10 Å². The van der Waals surface area contributed by atoms with E-state index in [9.17, 15) is 4.79 Å². The molecule has 2 aromatic rings. The van der Waals surface area contributed by atoms with E-state index in [0.717, 1.165) is 26.2 Å². The number of carbonyl (C=O) groups is 1. The number of amides is 1.